The molecule has 3 aromatic heterocycles. The molecular formula is C17H18N2S3. The Kier molecular flexibility index (Phi) is 3.47. The number of rotatable bonds is 3. The highest BCUT2D eigenvalue weighted by Gasteiger charge is 2.19. The minimum atomic E-state index is 0.558. The topological polar surface area (TPSA) is 25.8 Å². The largest absolute Gasteiger partial charge is 0.172 e. The number of fused-ring (bicyclic) bond motifs is 6. The first kappa shape index (κ1) is 14.5. The van der Waals surface area contributed by atoms with E-state index in [0.717, 1.165) is 11.0 Å². The minimum absolute atomic E-state index is 0.558. The summed E-state index contributed by atoms with van der Waals surface area (Å²) in [6.07, 6.45) is 1.18. The van der Waals surface area contributed by atoms with E-state index in [2.05, 4.69) is 48.6 Å². The van der Waals surface area contributed by atoms with E-state index in [1.807, 2.05) is 22.7 Å². The average Bonchev–Trinajstić information content (AvgIpc) is 3.20. The van der Waals surface area contributed by atoms with Crippen LogP contribution in [0.5, 0.6) is 0 Å². The highest BCUT2D eigenvalue weighted by atomic mass is 32.1. The molecule has 0 spiro atoms. The first-order chi connectivity index (χ1) is 10.6. The Bertz CT molecular complexity index is 974. The number of benzene rings is 1. The Labute approximate surface area is 142 Å². The molecule has 4 rings (SSSR count). The summed E-state index contributed by atoms with van der Waals surface area (Å²) in [6.45, 7) is 9.09. The second-order valence-corrected chi connectivity index (χ2v) is 8.90. The van der Waals surface area contributed by atoms with Crippen LogP contribution in [0.15, 0.2) is 12.1 Å². The fraction of sp³-hybridized carbons (Fsp3) is 0.412. The lowest BCUT2D eigenvalue weighted by Gasteiger charge is -2.02. The van der Waals surface area contributed by atoms with Crippen molar-refractivity contribution in [1.29, 1.82) is 0 Å². The fourth-order valence-corrected chi connectivity index (χ4v) is 5.97. The number of aromatic nitrogens is 2. The van der Waals surface area contributed by atoms with Gasteiger partial charge in [0.15, 0.2) is 0 Å². The quantitative estimate of drug-likeness (QED) is 0.409. The molecule has 1 unspecified atom stereocenters. The molecule has 0 aliphatic heterocycles. The molecule has 1 atom stereocenters. The van der Waals surface area contributed by atoms with Crippen LogP contribution in [-0.2, 0) is 0 Å². The molecule has 2 nitrogen and oxygen atoms in total. The number of hydrogen-bond donors (Lipinski definition) is 0. The highest BCUT2D eigenvalue weighted by molar-refractivity contribution is 7.27. The van der Waals surface area contributed by atoms with E-state index < -0.39 is 0 Å². The molecule has 0 amide bonds. The second-order valence-electron chi connectivity index (χ2n) is 6.21. The van der Waals surface area contributed by atoms with Crippen LogP contribution in [-0.4, -0.2) is 8.75 Å². The van der Waals surface area contributed by atoms with Crippen LogP contribution in [0.4, 0.5) is 0 Å². The molecule has 0 aliphatic rings. The number of hydrogen-bond acceptors (Lipinski definition) is 5. The predicted molar refractivity (Wildman–Crippen MR) is 101 cm³/mol. The van der Waals surface area contributed by atoms with Crippen LogP contribution < -0.4 is 0 Å². The van der Waals surface area contributed by atoms with E-state index in [1.165, 1.54) is 48.1 Å². The Balaban J connectivity index is 2.15. The van der Waals surface area contributed by atoms with Crippen LogP contribution in [0, 0.1) is 0 Å². The zero-order valence-corrected chi connectivity index (χ0v) is 15.6. The highest BCUT2D eigenvalue weighted by Crippen LogP contribution is 2.45. The third kappa shape index (κ3) is 2.02. The molecule has 0 aliphatic carbocycles. The van der Waals surface area contributed by atoms with Gasteiger partial charge < -0.3 is 0 Å². The van der Waals surface area contributed by atoms with E-state index >= 15 is 0 Å². The summed E-state index contributed by atoms with van der Waals surface area (Å²) >= 11 is 5.22. The Hall–Kier alpha value is -1.04. The number of nitrogens with zero attached hydrogens (tertiary/aromatic N) is 2. The zero-order valence-electron chi connectivity index (χ0n) is 13.1. The van der Waals surface area contributed by atoms with E-state index in [9.17, 15) is 0 Å². The zero-order chi connectivity index (χ0) is 15.4. The van der Waals surface area contributed by atoms with Crippen LogP contribution in [0.2, 0.25) is 0 Å². The molecule has 22 heavy (non-hydrogen) atoms. The van der Waals surface area contributed by atoms with Crippen LogP contribution in [0.3, 0.4) is 0 Å². The van der Waals surface area contributed by atoms with Gasteiger partial charge in [0.05, 0.1) is 21.1 Å². The molecule has 0 N–H and O–H groups in total. The van der Waals surface area contributed by atoms with Gasteiger partial charge in [0.25, 0.3) is 0 Å². The average molecular weight is 347 g/mol. The summed E-state index contributed by atoms with van der Waals surface area (Å²) < 4.78 is 12.0. The van der Waals surface area contributed by atoms with Crippen LogP contribution in [0.25, 0.3) is 31.2 Å². The van der Waals surface area contributed by atoms with Crippen molar-refractivity contribution in [1.82, 2.24) is 8.75 Å². The number of thiophene rings is 2. The van der Waals surface area contributed by atoms with Gasteiger partial charge in [-0.3, -0.25) is 0 Å². The van der Waals surface area contributed by atoms with Crippen molar-refractivity contribution in [2.75, 3.05) is 0 Å². The molecule has 0 bridgehead atoms. The van der Waals surface area contributed by atoms with Gasteiger partial charge in [-0.25, -0.2) is 0 Å². The minimum Gasteiger partial charge on any atom is -0.172 e. The van der Waals surface area contributed by atoms with Crippen molar-refractivity contribution >= 4 is 65.6 Å². The van der Waals surface area contributed by atoms with Crippen molar-refractivity contribution in [3.05, 3.63) is 21.9 Å². The van der Waals surface area contributed by atoms with Gasteiger partial charge in [0.1, 0.15) is 11.0 Å². The van der Waals surface area contributed by atoms with Gasteiger partial charge in [-0.2, -0.15) is 8.75 Å². The second kappa shape index (κ2) is 5.25. The maximum absolute atomic E-state index is 4.59. The van der Waals surface area contributed by atoms with Crippen molar-refractivity contribution in [3.63, 3.8) is 0 Å². The van der Waals surface area contributed by atoms with E-state index in [1.54, 1.807) is 0 Å². The normalized spacial score (nSPS) is 13.9. The third-order valence-corrected chi connectivity index (χ3v) is 7.87. The summed E-state index contributed by atoms with van der Waals surface area (Å²) in [4.78, 5) is 2.91. The summed E-state index contributed by atoms with van der Waals surface area (Å²) in [7, 11) is 0. The first-order valence-corrected chi connectivity index (χ1v) is 10.1. The maximum Gasteiger partial charge on any atom is 0.114 e. The summed E-state index contributed by atoms with van der Waals surface area (Å²) in [6, 6.07) is 4.68. The van der Waals surface area contributed by atoms with Gasteiger partial charge in [-0.1, -0.05) is 27.7 Å². The van der Waals surface area contributed by atoms with Crippen LogP contribution in [0.1, 0.15) is 55.7 Å². The Morgan fingerprint density at radius 3 is 2.00 bits per heavy atom. The van der Waals surface area contributed by atoms with Crippen molar-refractivity contribution < 1.29 is 0 Å². The smallest absolute Gasteiger partial charge is 0.114 e. The lowest BCUT2D eigenvalue weighted by molar-refractivity contribution is 0.748. The van der Waals surface area contributed by atoms with Gasteiger partial charge in [-0.15, -0.1) is 22.7 Å². The van der Waals surface area contributed by atoms with E-state index in [4.69, 9.17) is 0 Å². The molecule has 5 heteroatoms. The van der Waals surface area contributed by atoms with Crippen molar-refractivity contribution in [2.45, 2.75) is 46.0 Å². The molecule has 0 fully saturated rings. The Morgan fingerprint density at radius 2 is 1.45 bits per heavy atom. The lowest BCUT2D eigenvalue weighted by atomic mass is 10.1. The van der Waals surface area contributed by atoms with Gasteiger partial charge >= 0.3 is 0 Å². The Morgan fingerprint density at radius 1 is 0.909 bits per heavy atom. The molecule has 1 aromatic carbocycles. The third-order valence-electron chi connectivity index (χ3n) is 4.37. The maximum atomic E-state index is 4.59. The summed E-state index contributed by atoms with van der Waals surface area (Å²) in [5.41, 5.74) is 2.18. The monoisotopic (exact) mass is 346 g/mol. The van der Waals surface area contributed by atoms with E-state index in [0.29, 0.717) is 11.8 Å². The molecule has 3 heterocycles. The molecular weight excluding hydrogens is 328 g/mol. The van der Waals surface area contributed by atoms with Crippen molar-refractivity contribution in [2.24, 2.45) is 0 Å². The van der Waals surface area contributed by atoms with Gasteiger partial charge in [0, 0.05) is 20.5 Å². The standard InChI is InChI=1S/C17H18N2S3/c1-5-9(4)13-7-11-15-14(18-22-19-15)10-6-12(8(2)3)20-16(10)17(11)21-13/h6-9H,5H2,1-4H3. The molecule has 114 valence electrons. The molecule has 0 saturated carbocycles. The first-order valence-electron chi connectivity index (χ1n) is 7.71. The predicted octanol–water partition coefficient (Wildman–Crippen LogP) is 6.76. The lowest BCUT2D eigenvalue weighted by Crippen LogP contribution is -1.84. The summed E-state index contributed by atoms with van der Waals surface area (Å²) in [5, 5.41) is 2.59. The molecule has 0 radical (unpaired) electrons. The van der Waals surface area contributed by atoms with Gasteiger partial charge in [0.2, 0.25) is 0 Å². The van der Waals surface area contributed by atoms with Crippen molar-refractivity contribution in [3.8, 4) is 0 Å². The SMILES string of the molecule is CCC(C)c1cc2c3nsnc3c3cc(C(C)C)sc3c2s1. The van der Waals surface area contributed by atoms with E-state index in [-0.39, 0.29) is 0 Å². The van der Waals surface area contributed by atoms with Crippen LogP contribution >= 0.6 is 34.4 Å². The summed E-state index contributed by atoms with van der Waals surface area (Å²) in [5.74, 6) is 1.17. The van der Waals surface area contributed by atoms with Gasteiger partial charge in [-0.05, 0) is 30.4 Å². The molecule has 0 saturated heterocycles. The fourth-order valence-electron chi connectivity index (χ4n) is 2.78. The molecule has 4 aromatic rings.